The zero-order chi connectivity index (χ0) is 13.0. The number of pyridine rings is 1. The number of azo groups is 1. The van der Waals surface area contributed by atoms with Gasteiger partial charge in [0.2, 0.25) is 0 Å². The molecule has 0 unspecified atom stereocenters. The van der Waals surface area contributed by atoms with E-state index < -0.39 is 0 Å². The number of nitrogens with zero attached hydrogens (tertiary/aromatic N) is 4. The molecule has 0 aliphatic heterocycles. The molecule has 0 bridgehead atoms. The fourth-order valence-corrected chi connectivity index (χ4v) is 1.42. The van der Waals surface area contributed by atoms with Crippen molar-refractivity contribution in [2.24, 2.45) is 10.2 Å². The molecule has 18 heavy (non-hydrogen) atoms. The van der Waals surface area contributed by atoms with Crippen LogP contribution >= 0.6 is 0 Å². The summed E-state index contributed by atoms with van der Waals surface area (Å²) in [5.41, 5.74) is 1.80. The highest BCUT2D eigenvalue weighted by Crippen LogP contribution is 2.19. The third kappa shape index (κ3) is 2.82. The summed E-state index contributed by atoms with van der Waals surface area (Å²) in [5.74, 6) is 0.272. The highest BCUT2D eigenvalue weighted by Gasteiger charge is 2.02. The van der Waals surface area contributed by atoms with Crippen LogP contribution in [0.25, 0.3) is 0 Å². The van der Waals surface area contributed by atoms with E-state index in [1.54, 1.807) is 18.2 Å². The maximum absolute atomic E-state index is 11.3. The average molecular weight is 242 g/mol. The number of rotatable bonds is 3. The molecule has 2 aromatic rings. The molecule has 5 heteroatoms. The van der Waals surface area contributed by atoms with Gasteiger partial charge in [0.25, 0.3) is 0 Å². The minimum Gasteiger partial charge on any atom is -0.710 e. The predicted octanol–water partition coefficient (Wildman–Crippen LogP) is 2.80. The van der Waals surface area contributed by atoms with Gasteiger partial charge in [-0.1, -0.05) is 6.07 Å². The lowest BCUT2D eigenvalue weighted by molar-refractivity contribution is -0.591. The molecular weight excluding hydrogens is 228 g/mol. The largest absolute Gasteiger partial charge is 0.710 e. The van der Waals surface area contributed by atoms with Crippen LogP contribution in [0.2, 0.25) is 0 Å². The Morgan fingerprint density at radius 3 is 2.33 bits per heavy atom. The monoisotopic (exact) mass is 242 g/mol. The van der Waals surface area contributed by atoms with Crippen molar-refractivity contribution in [3.05, 3.63) is 53.9 Å². The van der Waals surface area contributed by atoms with E-state index in [1.807, 2.05) is 43.3 Å². The topological polar surface area (TPSA) is 54.9 Å². The van der Waals surface area contributed by atoms with E-state index in [1.165, 1.54) is 6.20 Å². The zero-order valence-corrected chi connectivity index (χ0v) is 10.3. The quantitative estimate of drug-likeness (QED) is 0.472. The Labute approximate surface area is 106 Å². The Kier molecular flexibility index (Phi) is 3.52. The average Bonchev–Trinajstić information content (AvgIpc) is 2.38. The van der Waals surface area contributed by atoms with Gasteiger partial charge in [0.1, 0.15) is 5.69 Å². The van der Waals surface area contributed by atoms with Crippen LogP contribution in [0.4, 0.5) is 17.2 Å². The number of benzene rings is 1. The fraction of sp³-hybridized carbons (Fsp3) is 0.154. The Hall–Kier alpha value is -2.43. The normalized spacial score (nSPS) is 10.8. The van der Waals surface area contributed by atoms with Crippen molar-refractivity contribution < 1.29 is 4.73 Å². The van der Waals surface area contributed by atoms with Crippen LogP contribution in [0.5, 0.6) is 0 Å². The molecule has 0 saturated carbocycles. The first kappa shape index (κ1) is 12.0. The molecule has 0 N–H and O–H groups in total. The van der Waals surface area contributed by atoms with Crippen LogP contribution in [-0.4, -0.2) is 14.1 Å². The van der Waals surface area contributed by atoms with Gasteiger partial charge in [-0.25, -0.2) is 4.73 Å². The Bertz CT molecular complexity index is 549. The van der Waals surface area contributed by atoms with E-state index in [9.17, 15) is 5.21 Å². The molecule has 5 nitrogen and oxygen atoms in total. The van der Waals surface area contributed by atoms with Crippen molar-refractivity contribution in [2.75, 3.05) is 19.0 Å². The van der Waals surface area contributed by atoms with E-state index in [-0.39, 0.29) is 5.82 Å². The van der Waals surface area contributed by atoms with Crippen molar-refractivity contribution in [1.82, 2.24) is 0 Å². The summed E-state index contributed by atoms with van der Waals surface area (Å²) in [5, 5.41) is 19.3. The molecule has 0 aliphatic rings. The minimum atomic E-state index is 0.272. The molecule has 1 aromatic carbocycles. The molecule has 0 aliphatic carbocycles. The van der Waals surface area contributed by atoms with Crippen LogP contribution in [0.1, 0.15) is 0 Å². The summed E-state index contributed by atoms with van der Waals surface area (Å²) in [6.45, 7) is 0. The summed E-state index contributed by atoms with van der Waals surface area (Å²) in [7, 11) is 3.95. The number of aromatic nitrogens is 1. The second-order valence-corrected chi connectivity index (χ2v) is 4.00. The maximum atomic E-state index is 11.3. The molecule has 0 spiro atoms. The summed E-state index contributed by atoms with van der Waals surface area (Å²) in [4.78, 5) is 2.00. The second-order valence-electron chi connectivity index (χ2n) is 4.00. The molecule has 0 radical (unpaired) electrons. The maximum Gasteiger partial charge on any atom is 0.353 e. The smallest absolute Gasteiger partial charge is 0.353 e. The lowest BCUT2D eigenvalue weighted by Crippen LogP contribution is -2.24. The molecular formula is C13H14N4O. The van der Waals surface area contributed by atoms with Crippen LogP contribution in [0, 0.1) is 5.21 Å². The van der Waals surface area contributed by atoms with Gasteiger partial charge >= 0.3 is 5.82 Å². The second kappa shape index (κ2) is 5.27. The lowest BCUT2D eigenvalue weighted by atomic mass is 10.3. The zero-order valence-electron chi connectivity index (χ0n) is 10.3. The van der Waals surface area contributed by atoms with Crippen LogP contribution in [-0.2, 0) is 0 Å². The van der Waals surface area contributed by atoms with Gasteiger partial charge in [0, 0.05) is 25.8 Å². The van der Waals surface area contributed by atoms with E-state index in [4.69, 9.17) is 0 Å². The van der Waals surface area contributed by atoms with E-state index in [0.29, 0.717) is 10.4 Å². The van der Waals surface area contributed by atoms with Crippen LogP contribution in [0.15, 0.2) is 58.9 Å². The number of hydrogen-bond donors (Lipinski definition) is 0. The third-order valence-corrected chi connectivity index (χ3v) is 2.44. The van der Waals surface area contributed by atoms with Crippen LogP contribution < -0.4 is 9.63 Å². The summed E-state index contributed by atoms with van der Waals surface area (Å²) >= 11 is 0. The van der Waals surface area contributed by atoms with Gasteiger partial charge in [0.05, 0.1) is 11.3 Å². The fourth-order valence-electron chi connectivity index (χ4n) is 1.42. The summed E-state index contributed by atoms with van der Waals surface area (Å²) in [6.07, 6.45) is 1.39. The standard InChI is InChI=1S/C13H14N4O/c1-16(2)12-8-6-11(7-9-12)14-15-13-5-3-4-10-17(13)18/h3-10H,1-2H3. The SMILES string of the molecule is CN(C)c1ccc(N=Nc2cccc[n+]2[O-])cc1. The van der Waals surface area contributed by atoms with Gasteiger partial charge in [-0.3, -0.25) is 0 Å². The Morgan fingerprint density at radius 1 is 1.00 bits per heavy atom. The predicted molar refractivity (Wildman–Crippen MR) is 70.3 cm³/mol. The van der Waals surface area contributed by atoms with E-state index in [0.717, 1.165) is 5.69 Å². The van der Waals surface area contributed by atoms with Crippen molar-refractivity contribution >= 4 is 17.2 Å². The first-order valence-electron chi connectivity index (χ1n) is 5.54. The van der Waals surface area contributed by atoms with Gasteiger partial charge in [-0.15, -0.1) is 0 Å². The minimum absolute atomic E-state index is 0.272. The molecule has 1 aromatic heterocycles. The molecule has 92 valence electrons. The van der Waals surface area contributed by atoms with Crippen molar-refractivity contribution in [2.45, 2.75) is 0 Å². The van der Waals surface area contributed by atoms with E-state index in [2.05, 4.69) is 10.2 Å². The highest BCUT2D eigenvalue weighted by atomic mass is 16.5. The molecule has 2 rings (SSSR count). The summed E-state index contributed by atoms with van der Waals surface area (Å²) < 4.78 is 0.678. The van der Waals surface area contributed by atoms with Crippen molar-refractivity contribution in [3.63, 3.8) is 0 Å². The third-order valence-electron chi connectivity index (χ3n) is 2.44. The summed E-state index contributed by atoms with van der Waals surface area (Å²) in [6, 6.07) is 12.6. The van der Waals surface area contributed by atoms with Crippen molar-refractivity contribution in [1.29, 1.82) is 0 Å². The first-order chi connectivity index (χ1) is 8.66. The molecule has 0 saturated heterocycles. The Balaban J connectivity index is 2.17. The van der Waals surface area contributed by atoms with Crippen molar-refractivity contribution in [3.8, 4) is 0 Å². The highest BCUT2D eigenvalue weighted by molar-refractivity contribution is 5.51. The Morgan fingerprint density at radius 2 is 1.72 bits per heavy atom. The van der Waals surface area contributed by atoms with Gasteiger partial charge in [0.15, 0.2) is 0 Å². The molecule has 0 fully saturated rings. The lowest BCUT2D eigenvalue weighted by Gasteiger charge is -2.11. The van der Waals surface area contributed by atoms with E-state index >= 15 is 0 Å². The number of anilines is 1. The molecule has 1 heterocycles. The number of hydrogen-bond acceptors (Lipinski definition) is 4. The molecule has 0 amide bonds. The first-order valence-corrected chi connectivity index (χ1v) is 5.54. The van der Waals surface area contributed by atoms with Crippen LogP contribution in [0.3, 0.4) is 0 Å². The van der Waals surface area contributed by atoms with Gasteiger partial charge in [-0.05, 0) is 35.4 Å². The molecule has 0 atom stereocenters. The van der Waals surface area contributed by atoms with Gasteiger partial charge < -0.3 is 10.1 Å². The van der Waals surface area contributed by atoms with Gasteiger partial charge in [-0.2, -0.15) is 0 Å².